The molecule has 2 bridgehead atoms. The Labute approximate surface area is 192 Å². The monoisotopic (exact) mass is 455 g/mol. The van der Waals surface area contributed by atoms with E-state index in [0.29, 0.717) is 0 Å². The van der Waals surface area contributed by atoms with Gasteiger partial charge in [-0.3, -0.25) is 9.88 Å². The summed E-state index contributed by atoms with van der Waals surface area (Å²) in [6.45, 7) is 0. The van der Waals surface area contributed by atoms with E-state index in [0.717, 1.165) is 52.5 Å². The third-order valence-corrected chi connectivity index (χ3v) is 7.50. The summed E-state index contributed by atoms with van der Waals surface area (Å²) in [7, 11) is 0. The van der Waals surface area contributed by atoms with Gasteiger partial charge < -0.3 is 5.73 Å². The molecule has 2 aliphatic rings. The first-order valence-corrected chi connectivity index (χ1v) is 11.4. The molecule has 3 heterocycles. The number of fused-ring (bicyclic) bond motifs is 2. The maximum absolute atomic E-state index is 13.4. The molecule has 2 N–H and O–H groups in total. The highest BCUT2D eigenvalue weighted by molar-refractivity contribution is 6.32. The minimum Gasteiger partial charge on any atom is -0.320 e. The Bertz CT molecular complexity index is 1030. The van der Waals surface area contributed by atoms with Crippen LogP contribution in [0.5, 0.6) is 0 Å². The zero-order chi connectivity index (χ0) is 21.6. The topological polar surface area (TPSA) is 42.1 Å². The van der Waals surface area contributed by atoms with Crippen LogP contribution in [0.15, 0.2) is 66.9 Å². The summed E-state index contributed by atoms with van der Waals surface area (Å²) in [4.78, 5) is 6.88. The SMILES string of the molecule is NC1(c2ccc(F)cn2)C[C@H]2CC[C@@H](C1)N2C(c1ccccc1Cl)c1ccccc1Cl. The van der Waals surface area contributed by atoms with Crippen LogP contribution in [0.2, 0.25) is 10.0 Å². The van der Waals surface area contributed by atoms with Crippen molar-refractivity contribution in [1.82, 2.24) is 9.88 Å². The molecule has 0 amide bonds. The largest absolute Gasteiger partial charge is 0.320 e. The maximum Gasteiger partial charge on any atom is 0.141 e. The van der Waals surface area contributed by atoms with Crippen LogP contribution in [-0.2, 0) is 5.54 Å². The molecule has 1 unspecified atom stereocenters. The van der Waals surface area contributed by atoms with Crippen molar-refractivity contribution in [3.63, 3.8) is 0 Å². The molecule has 5 rings (SSSR count). The summed E-state index contributed by atoms with van der Waals surface area (Å²) in [5.74, 6) is -0.342. The molecule has 160 valence electrons. The van der Waals surface area contributed by atoms with E-state index < -0.39 is 5.54 Å². The van der Waals surface area contributed by atoms with Crippen molar-refractivity contribution in [2.45, 2.75) is 49.3 Å². The van der Waals surface area contributed by atoms with Crippen molar-refractivity contribution in [3.8, 4) is 0 Å². The molecule has 31 heavy (non-hydrogen) atoms. The Morgan fingerprint density at radius 2 is 1.45 bits per heavy atom. The Morgan fingerprint density at radius 3 is 1.94 bits per heavy atom. The first-order valence-electron chi connectivity index (χ1n) is 10.6. The minimum atomic E-state index is -0.568. The average molecular weight is 456 g/mol. The van der Waals surface area contributed by atoms with E-state index in [-0.39, 0.29) is 23.9 Å². The van der Waals surface area contributed by atoms with E-state index >= 15 is 0 Å². The molecule has 3 atom stereocenters. The van der Waals surface area contributed by atoms with Crippen LogP contribution in [0.1, 0.15) is 48.5 Å². The van der Waals surface area contributed by atoms with Gasteiger partial charge in [-0.05, 0) is 61.1 Å². The number of rotatable bonds is 4. The first kappa shape index (κ1) is 20.9. The average Bonchev–Trinajstić information content (AvgIpc) is 3.02. The Morgan fingerprint density at radius 1 is 0.903 bits per heavy atom. The number of halogens is 3. The molecule has 1 aromatic heterocycles. The lowest BCUT2D eigenvalue weighted by Crippen LogP contribution is -2.55. The van der Waals surface area contributed by atoms with Gasteiger partial charge in [0.15, 0.2) is 0 Å². The lowest BCUT2D eigenvalue weighted by molar-refractivity contribution is 0.0579. The summed E-state index contributed by atoms with van der Waals surface area (Å²) in [6, 6.07) is 19.6. The minimum absolute atomic E-state index is 0.0503. The fourth-order valence-electron chi connectivity index (χ4n) is 5.50. The van der Waals surface area contributed by atoms with Crippen LogP contribution >= 0.6 is 23.2 Å². The van der Waals surface area contributed by atoms with Crippen molar-refractivity contribution < 1.29 is 4.39 Å². The van der Waals surface area contributed by atoms with Gasteiger partial charge in [-0.25, -0.2) is 4.39 Å². The number of benzene rings is 2. The lowest BCUT2D eigenvalue weighted by Gasteiger charge is -2.48. The number of pyridine rings is 1. The highest BCUT2D eigenvalue weighted by Crippen LogP contribution is 2.50. The van der Waals surface area contributed by atoms with Gasteiger partial charge in [-0.1, -0.05) is 59.6 Å². The second kappa shape index (κ2) is 8.18. The van der Waals surface area contributed by atoms with Gasteiger partial charge in [0, 0.05) is 22.1 Å². The van der Waals surface area contributed by atoms with Crippen LogP contribution in [0.3, 0.4) is 0 Å². The van der Waals surface area contributed by atoms with Gasteiger partial charge in [0.1, 0.15) is 5.82 Å². The molecule has 2 fully saturated rings. The predicted octanol–water partition coefficient (Wildman–Crippen LogP) is 6.10. The van der Waals surface area contributed by atoms with Crippen molar-refractivity contribution >= 4 is 23.2 Å². The smallest absolute Gasteiger partial charge is 0.141 e. The summed E-state index contributed by atoms with van der Waals surface area (Å²) in [5, 5.41) is 1.47. The Hall–Kier alpha value is -1.98. The Kier molecular flexibility index (Phi) is 5.51. The molecule has 0 saturated carbocycles. The summed E-state index contributed by atoms with van der Waals surface area (Å²) in [5.41, 5.74) is 9.19. The maximum atomic E-state index is 13.4. The predicted molar refractivity (Wildman–Crippen MR) is 123 cm³/mol. The molecule has 0 spiro atoms. The number of nitrogens with zero attached hydrogens (tertiary/aromatic N) is 2. The fraction of sp³-hybridized carbons (Fsp3) is 0.320. The van der Waals surface area contributed by atoms with Crippen molar-refractivity contribution in [2.24, 2.45) is 5.73 Å². The van der Waals surface area contributed by atoms with Crippen LogP contribution in [0.4, 0.5) is 4.39 Å². The first-order chi connectivity index (χ1) is 15.0. The van der Waals surface area contributed by atoms with E-state index in [9.17, 15) is 4.39 Å². The third-order valence-electron chi connectivity index (χ3n) is 6.81. The van der Waals surface area contributed by atoms with E-state index in [1.165, 1.54) is 12.3 Å². The molecule has 6 heteroatoms. The van der Waals surface area contributed by atoms with Gasteiger partial charge in [-0.2, -0.15) is 0 Å². The van der Waals surface area contributed by atoms with Crippen molar-refractivity contribution in [1.29, 1.82) is 0 Å². The number of piperidine rings is 1. The standard InChI is InChI=1S/C25H24Cl2FN3/c26-21-7-3-1-5-19(21)24(20-6-2-4-8-22(20)27)31-17-10-11-18(31)14-25(29,13-17)23-12-9-16(28)15-30-23/h1-9,12,15,17-18,24H,10-11,13-14,29H2/t17-,18+,25?. The normalized spacial score (nSPS) is 25.8. The van der Waals surface area contributed by atoms with Gasteiger partial charge >= 0.3 is 0 Å². The number of aromatic nitrogens is 1. The van der Waals surface area contributed by atoms with Gasteiger partial charge in [0.25, 0.3) is 0 Å². The zero-order valence-electron chi connectivity index (χ0n) is 17.0. The van der Waals surface area contributed by atoms with Crippen LogP contribution in [0.25, 0.3) is 0 Å². The molecule has 2 saturated heterocycles. The summed E-state index contributed by atoms with van der Waals surface area (Å²) < 4.78 is 13.4. The molecule has 2 aromatic carbocycles. The number of hydrogen-bond donors (Lipinski definition) is 1. The zero-order valence-corrected chi connectivity index (χ0v) is 18.5. The van der Waals surface area contributed by atoms with Gasteiger partial charge in [0.2, 0.25) is 0 Å². The highest BCUT2D eigenvalue weighted by Gasteiger charge is 2.50. The highest BCUT2D eigenvalue weighted by atomic mass is 35.5. The lowest BCUT2D eigenvalue weighted by atomic mass is 9.79. The van der Waals surface area contributed by atoms with E-state index in [1.54, 1.807) is 6.07 Å². The van der Waals surface area contributed by atoms with Crippen LogP contribution in [-0.4, -0.2) is 22.0 Å². The molecular weight excluding hydrogens is 432 g/mol. The number of nitrogens with two attached hydrogens (primary N) is 1. The van der Waals surface area contributed by atoms with Gasteiger partial charge in [-0.15, -0.1) is 0 Å². The molecule has 3 aromatic rings. The molecular formula is C25H24Cl2FN3. The second-order valence-electron chi connectivity index (χ2n) is 8.70. The van der Waals surface area contributed by atoms with E-state index in [2.05, 4.69) is 22.0 Å². The summed E-state index contributed by atoms with van der Waals surface area (Å²) >= 11 is 13.4. The van der Waals surface area contributed by atoms with E-state index in [4.69, 9.17) is 28.9 Å². The van der Waals surface area contributed by atoms with Gasteiger partial charge in [0.05, 0.1) is 23.5 Å². The third kappa shape index (κ3) is 3.76. The van der Waals surface area contributed by atoms with E-state index in [1.807, 2.05) is 36.4 Å². The quantitative estimate of drug-likeness (QED) is 0.516. The molecule has 2 aliphatic heterocycles. The molecule has 0 aliphatic carbocycles. The molecule has 0 radical (unpaired) electrons. The fourth-order valence-corrected chi connectivity index (χ4v) is 5.98. The second-order valence-corrected chi connectivity index (χ2v) is 9.52. The number of hydrogen-bond acceptors (Lipinski definition) is 3. The Balaban J connectivity index is 1.55. The molecule has 3 nitrogen and oxygen atoms in total. The van der Waals surface area contributed by atoms with Crippen molar-refractivity contribution in [3.05, 3.63) is 99.5 Å². The van der Waals surface area contributed by atoms with Crippen LogP contribution < -0.4 is 5.73 Å². The van der Waals surface area contributed by atoms with Crippen molar-refractivity contribution in [2.75, 3.05) is 0 Å². The van der Waals surface area contributed by atoms with Crippen LogP contribution in [0, 0.1) is 5.82 Å². The summed E-state index contributed by atoms with van der Waals surface area (Å²) in [6.07, 6.45) is 4.88.